The third-order valence-electron chi connectivity index (χ3n) is 10.6. The molecule has 0 radical (unpaired) electrons. The minimum absolute atomic E-state index is 0.0624. The highest BCUT2D eigenvalue weighted by atomic mass is 35.5. The largest absolute Gasteiger partial charge is 0.495 e. The van der Waals surface area contributed by atoms with Crippen LogP contribution >= 0.6 is 11.6 Å². The second kappa shape index (κ2) is 17.1. The SMILES string of the molecule is COc1cc2cc(c1Cl)N(C)C(=O)C[C@H](OC(=O)[C@H](C)N(C)C(=O)CCC[SH](C)(C)=O)[C@@]1(C)O[C@H]1[C@H](C)[C@@H]1C[C@@](O)(NC(=O)O1)[C@H](OC)/C=C/C=C(\C)C2. The highest BCUT2D eigenvalue weighted by molar-refractivity contribution is 8.01. The van der Waals surface area contributed by atoms with Gasteiger partial charge < -0.3 is 38.6 Å². The number of alkyl carbamates (subject to hydrolysis) is 1. The van der Waals surface area contributed by atoms with E-state index in [1.807, 2.05) is 13.0 Å². The molecular weight excluding hydrogens is 742 g/mol. The van der Waals surface area contributed by atoms with Crippen LogP contribution in [-0.2, 0) is 49.7 Å². The predicted molar refractivity (Wildman–Crippen MR) is 206 cm³/mol. The van der Waals surface area contributed by atoms with Crippen LogP contribution in [0.2, 0.25) is 5.02 Å². The van der Waals surface area contributed by atoms with Gasteiger partial charge in [0.2, 0.25) is 11.8 Å². The molecule has 3 aliphatic rings. The Bertz CT molecular complexity index is 1710. The fourth-order valence-electron chi connectivity index (χ4n) is 7.01. The number of thiol groups is 1. The van der Waals surface area contributed by atoms with E-state index >= 15 is 0 Å². The zero-order valence-electron chi connectivity index (χ0n) is 32.8. The van der Waals surface area contributed by atoms with Crippen LogP contribution in [0.25, 0.3) is 0 Å². The summed E-state index contributed by atoms with van der Waals surface area (Å²) in [5, 5.41) is 14.5. The summed E-state index contributed by atoms with van der Waals surface area (Å²) in [6.45, 7) is 6.94. The molecule has 3 amide bonds. The van der Waals surface area contributed by atoms with Crippen molar-refractivity contribution in [3.8, 4) is 5.75 Å². The number of esters is 1. The molecule has 0 aromatic heterocycles. The fraction of sp³-hybridized carbons (Fsp3) is 0.632. The number of likely N-dealkylation sites (N-methyl/N-ethyl adjacent to an activating group) is 1. The number of halogens is 1. The van der Waals surface area contributed by atoms with Gasteiger partial charge in [-0.15, -0.1) is 9.93 Å². The van der Waals surface area contributed by atoms with Gasteiger partial charge in [-0.2, -0.15) is 0 Å². The van der Waals surface area contributed by atoms with Gasteiger partial charge in [-0.1, -0.05) is 42.3 Å². The quantitative estimate of drug-likeness (QED) is 0.190. The summed E-state index contributed by atoms with van der Waals surface area (Å²) in [5.41, 5.74) is -0.978. The number of anilines is 1. The Labute approximate surface area is 323 Å². The molecular formula is C38H56ClN3O11S. The van der Waals surface area contributed by atoms with Crippen molar-refractivity contribution in [3.05, 3.63) is 46.5 Å². The number of benzene rings is 1. The van der Waals surface area contributed by atoms with E-state index in [4.69, 9.17) is 35.3 Å². The van der Waals surface area contributed by atoms with Crippen LogP contribution in [0.15, 0.2) is 35.9 Å². The molecule has 0 aliphatic carbocycles. The van der Waals surface area contributed by atoms with Crippen molar-refractivity contribution in [2.75, 3.05) is 51.5 Å². The van der Waals surface area contributed by atoms with Gasteiger partial charge in [-0.3, -0.25) is 19.1 Å². The molecule has 14 nitrogen and oxygen atoms in total. The van der Waals surface area contributed by atoms with Crippen molar-refractivity contribution in [3.63, 3.8) is 0 Å². The van der Waals surface area contributed by atoms with Crippen LogP contribution in [0, 0.1) is 5.92 Å². The maximum absolute atomic E-state index is 14.1. The number of hydrogen-bond acceptors (Lipinski definition) is 11. The van der Waals surface area contributed by atoms with Crippen molar-refractivity contribution in [2.24, 2.45) is 5.92 Å². The number of ether oxygens (including phenoxy) is 5. The topological polar surface area (TPSA) is 174 Å². The molecule has 1 aromatic rings. The highest BCUT2D eigenvalue weighted by Crippen LogP contribution is 2.49. The molecule has 1 aromatic carbocycles. The lowest BCUT2D eigenvalue weighted by Gasteiger charge is -2.42. The van der Waals surface area contributed by atoms with Gasteiger partial charge in [0.15, 0.2) is 5.72 Å². The van der Waals surface area contributed by atoms with Gasteiger partial charge in [0.25, 0.3) is 0 Å². The molecule has 8 atom stereocenters. The number of carbonyl (C=O) groups is 4. The first-order valence-electron chi connectivity index (χ1n) is 18.0. The number of aliphatic hydroxyl groups is 1. The number of methoxy groups -OCH3 is 2. The van der Waals surface area contributed by atoms with Crippen molar-refractivity contribution in [1.29, 1.82) is 0 Å². The highest BCUT2D eigenvalue weighted by Gasteiger charge is 2.64. The van der Waals surface area contributed by atoms with Crippen molar-refractivity contribution in [2.45, 2.75) is 102 Å². The van der Waals surface area contributed by atoms with Crippen molar-refractivity contribution < 1.29 is 52.2 Å². The van der Waals surface area contributed by atoms with E-state index in [1.54, 1.807) is 57.7 Å². The Balaban J connectivity index is 1.72. The monoisotopic (exact) mass is 797 g/mol. The Hall–Kier alpha value is -3.50. The summed E-state index contributed by atoms with van der Waals surface area (Å²) in [4.78, 5) is 56.4. The maximum Gasteiger partial charge on any atom is 0.409 e. The van der Waals surface area contributed by atoms with E-state index in [0.29, 0.717) is 30.0 Å². The van der Waals surface area contributed by atoms with Gasteiger partial charge in [0, 0.05) is 45.7 Å². The number of hydrogen-bond donors (Lipinski definition) is 3. The lowest BCUT2D eigenvalue weighted by molar-refractivity contribution is -0.162. The van der Waals surface area contributed by atoms with E-state index < -0.39 is 75.6 Å². The van der Waals surface area contributed by atoms with Crippen molar-refractivity contribution >= 4 is 51.1 Å². The van der Waals surface area contributed by atoms with Gasteiger partial charge >= 0.3 is 12.1 Å². The van der Waals surface area contributed by atoms with Gasteiger partial charge in [-0.25, -0.2) is 9.59 Å². The van der Waals surface area contributed by atoms with Crippen LogP contribution in [0.5, 0.6) is 5.75 Å². The first kappa shape index (κ1) is 43.2. The summed E-state index contributed by atoms with van der Waals surface area (Å²) < 4.78 is 41.3. The van der Waals surface area contributed by atoms with Crippen LogP contribution in [0.3, 0.4) is 0 Å². The number of allylic oxidation sites excluding steroid dienone is 3. The van der Waals surface area contributed by atoms with Gasteiger partial charge in [-0.05, 0) is 63.8 Å². The number of nitrogens with zero attached hydrogens (tertiary/aromatic N) is 2. The number of epoxide rings is 1. The third kappa shape index (κ3) is 10.0. The molecule has 302 valence electrons. The summed E-state index contributed by atoms with van der Waals surface area (Å²) >= 11 is 6.76. The molecule has 3 heterocycles. The van der Waals surface area contributed by atoms with Crippen LogP contribution in [0.4, 0.5) is 10.5 Å². The van der Waals surface area contributed by atoms with Gasteiger partial charge in [0.1, 0.15) is 40.7 Å². The number of fused-ring (bicyclic) bond motifs is 5. The smallest absolute Gasteiger partial charge is 0.409 e. The van der Waals surface area contributed by atoms with E-state index in [0.717, 1.165) is 11.1 Å². The van der Waals surface area contributed by atoms with E-state index in [2.05, 4.69) is 5.32 Å². The minimum atomic E-state index is -2.31. The normalized spacial score (nSPS) is 31.4. The van der Waals surface area contributed by atoms with E-state index in [9.17, 15) is 28.5 Å². The zero-order chi connectivity index (χ0) is 40.3. The van der Waals surface area contributed by atoms with E-state index in [-0.39, 0.29) is 30.2 Å². The lowest BCUT2D eigenvalue weighted by Crippen LogP contribution is -2.63. The standard InChI is InChI=1S/C38H56ClN3O11S/c1-22-13-11-14-29(50-8)38(47)21-28(51-36(46)40-38)23(2)34-37(4,53-34)30(52-35(45)24(3)41(5)31(43)15-12-16-54(9,10)48)20-32(44)42(6)26-18-25(17-22)19-27(49-7)33(26)39/h11,13-14,18-19,23-24,28-30,34,47,54H,12,15-17,20-21H2,1-10H3,(H,40,46)/b14-11+,22-13+/t23-,24+,28+,29-,30+,34+,37-,38+/m1/s1. The van der Waals surface area contributed by atoms with Crippen LogP contribution < -0.4 is 15.0 Å². The molecule has 3 aliphatic heterocycles. The number of nitrogens with one attached hydrogen (secondary N) is 1. The molecule has 2 N–H and O–H groups in total. The molecule has 0 spiro atoms. The average Bonchev–Trinajstić information content (AvgIpc) is 3.79. The lowest BCUT2D eigenvalue weighted by atomic mass is 9.83. The second-order valence-electron chi connectivity index (χ2n) is 15.3. The Morgan fingerprint density at radius 2 is 1.93 bits per heavy atom. The molecule has 0 saturated carbocycles. The molecule has 4 bridgehead atoms. The predicted octanol–water partition coefficient (Wildman–Crippen LogP) is 3.57. The molecule has 54 heavy (non-hydrogen) atoms. The molecule has 2 saturated heterocycles. The molecule has 16 heteroatoms. The first-order chi connectivity index (χ1) is 25.1. The van der Waals surface area contributed by atoms with Crippen molar-refractivity contribution in [1.82, 2.24) is 10.2 Å². The maximum atomic E-state index is 14.1. The Morgan fingerprint density at radius 3 is 2.56 bits per heavy atom. The second-order valence-corrected chi connectivity index (χ2v) is 19.3. The molecule has 0 unspecified atom stereocenters. The summed E-state index contributed by atoms with van der Waals surface area (Å²) in [5.74, 6) is -1.30. The number of carbonyl (C=O) groups excluding carboxylic acids is 4. The Morgan fingerprint density at radius 1 is 1.24 bits per heavy atom. The number of amides is 3. The Kier molecular flexibility index (Phi) is 13.7. The molecule has 2 fully saturated rings. The van der Waals surface area contributed by atoms with E-state index in [1.165, 1.54) is 38.0 Å². The zero-order valence-corrected chi connectivity index (χ0v) is 34.5. The summed E-state index contributed by atoms with van der Waals surface area (Å²) in [6, 6.07) is 2.54. The van der Waals surface area contributed by atoms with Crippen LogP contribution in [-0.4, -0.2) is 126 Å². The fourth-order valence-corrected chi connectivity index (χ4v) is 8.24. The third-order valence-corrected chi connectivity index (χ3v) is 12.4. The first-order valence-corrected chi connectivity index (χ1v) is 21.2. The average molecular weight is 798 g/mol. The summed E-state index contributed by atoms with van der Waals surface area (Å²) in [6.07, 6.45) is 4.64. The summed E-state index contributed by atoms with van der Waals surface area (Å²) in [7, 11) is 3.65. The minimum Gasteiger partial charge on any atom is -0.495 e. The van der Waals surface area contributed by atoms with Crippen LogP contribution in [0.1, 0.15) is 58.9 Å². The molecule has 4 rings (SSSR count). The van der Waals surface area contributed by atoms with Gasteiger partial charge in [0.05, 0.1) is 25.3 Å². The number of rotatable bonds is 9.